The van der Waals surface area contributed by atoms with E-state index in [2.05, 4.69) is 70.0 Å². The molecular weight excluding hydrogens is 384 g/mol. The van der Waals surface area contributed by atoms with E-state index in [-0.39, 0.29) is 5.92 Å². The Morgan fingerprint density at radius 2 is 1.58 bits per heavy atom. The van der Waals surface area contributed by atoms with Gasteiger partial charge in [0.15, 0.2) is 0 Å². The van der Waals surface area contributed by atoms with Gasteiger partial charge in [-0.3, -0.25) is 9.98 Å². The average molecular weight is 406 g/mol. The second-order valence-corrected chi connectivity index (χ2v) is 7.45. The van der Waals surface area contributed by atoms with Gasteiger partial charge in [-0.05, 0) is 60.7 Å². The number of imidazole rings is 2. The Morgan fingerprint density at radius 3 is 2.26 bits per heavy atom. The highest BCUT2D eigenvalue weighted by Crippen LogP contribution is 2.29. The number of rotatable bonds is 6. The van der Waals surface area contributed by atoms with Crippen LogP contribution < -0.4 is 0 Å². The molecule has 0 aliphatic carbocycles. The molecule has 5 rings (SSSR count). The van der Waals surface area contributed by atoms with Gasteiger partial charge in [-0.15, -0.1) is 0 Å². The number of allylic oxidation sites excluding steroid dienone is 1. The summed E-state index contributed by atoms with van der Waals surface area (Å²) < 4.78 is 0. The fourth-order valence-electron chi connectivity index (χ4n) is 3.81. The van der Waals surface area contributed by atoms with Crippen molar-refractivity contribution in [3.8, 4) is 22.5 Å². The minimum atomic E-state index is 0.189. The fourth-order valence-corrected chi connectivity index (χ4v) is 3.81. The van der Waals surface area contributed by atoms with Crippen molar-refractivity contribution >= 4 is 28.8 Å². The zero-order valence-electron chi connectivity index (χ0n) is 17.2. The van der Waals surface area contributed by atoms with E-state index in [1.165, 1.54) is 0 Å². The van der Waals surface area contributed by atoms with Crippen LogP contribution in [0.3, 0.4) is 0 Å². The topological polar surface area (TPSA) is 82.6 Å². The first-order chi connectivity index (χ1) is 15.2. The molecule has 0 radical (unpaired) electrons. The average Bonchev–Trinajstić information content (AvgIpc) is 3.43. The monoisotopic (exact) mass is 406 g/mol. The summed E-state index contributed by atoms with van der Waals surface area (Å²) in [6.45, 7) is 5.65. The predicted molar refractivity (Wildman–Crippen MR) is 126 cm³/mol. The van der Waals surface area contributed by atoms with Crippen molar-refractivity contribution in [2.24, 2.45) is 4.99 Å². The maximum atomic E-state index is 4.77. The Balaban J connectivity index is 1.51. The first kappa shape index (κ1) is 18.9. The molecule has 2 N–H and O–H groups in total. The van der Waals surface area contributed by atoms with Gasteiger partial charge in [-0.2, -0.15) is 0 Å². The van der Waals surface area contributed by atoms with E-state index in [9.17, 15) is 0 Å². The first-order valence-electron chi connectivity index (χ1n) is 10.3. The van der Waals surface area contributed by atoms with Gasteiger partial charge in [0.25, 0.3) is 0 Å². The highest BCUT2D eigenvalue weighted by molar-refractivity contribution is 5.87. The van der Waals surface area contributed by atoms with Crippen LogP contribution in [0.15, 0.2) is 78.2 Å². The summed E-state index contributed by atoms with van der Waals surface area (Å²) >= 11 is 0. The van der Waals surface area contributed by atoms with Crippen LogP contribution in [0.5, 0.6) is 0 Å². The highest BCUT2D eigenvalue weighted by Gasteiger charge is 2.12. The van der Waals surface area contributed by atoms with Crippen molar-refractivity contribution < 1.29 is 0 Å². The lowest BCUT2D eigenvalue weighted by molar-refractivity contribution is 0.755. The van der Waals surface area contributed by atoms with Gasteiger partial charge >= 0.3 is 0 Å². The van der Waals surface area contributed by atoms with Crippen molar-refractivity contribution in [2.45, 2.75) is 19.3 Å². The predicted octanol–water partition coefficient (Wildman–Crippen LogP) is 5.88. The number of hydrogen-bond donors (Lipinski definition) is 2. The highest BCUT2D eigenvalue weighted by atomic mass is 14.9. The molecule has 3 heterocycles. The number of nitrogens with one attached hydrogen (secondary N) is 2. The molecule has 152 valence electrons. The summed E-state index contributed by atoms with van der Waals surface area (Å²) in [6.07, 6.45) is 8.24. The number of nitrogens with zero attached hydrogens (tertiary/aromatic N) is 4. The standard InChI is InChI=1S/C25H22N6/c1-3-16(8-11-26-2)24-28-20-6-4-18(14-22(20)30-24)19-5-7-21-23(15-19)31-25(29-21)17-9-12-27-13-10-17/h4-16H,2-3H2,1H3,(H,28,30)(H,29,31)/b11-8-. The van der Waals surface area contributed by atoms with Crippen LogP contribution in [0.4, 0.5) is 0 Å². The van der Waals surface area contributed by atoms with Gasteiger partial charge < -0.3 is 9.97 Å². The minimum absolute atomic E-state index is 0.189. The molecule has 2 aromatic carbocycles. The molecule has 1 atom stereocenters. The number of aromatic amines is 2. The van der Waals surface area contributed by atoms with Crippen molar-refractivity contribution in [3.63, 3.8) is 0 Å². The van der Waals surface area contributed by atoms with E-state index in [1.807, 2.05) is 18.2 Å². The van der Waals surface area contributed by atoms with Gasteiger partial charge in [0.2, 0.25) is 0 Å². The van der Waals surface area contributed by atoms with Crippen LogP contribution >= 0.6 is 0 Å². The first-order valence-corrected chi connectivity index (χ1v) is 10.3. The molecule has 3 aromatic heterocycles. The zero-order chi connectivity index (χ0) is 21.2. The van der Waals surface area contributed by atoms with Gasteiger partial charge in [-0.1, -0.05) is 25.1 Å². The molecular formula is C25H22N6. The Kier molecular flexibility index (Phi) is 4.88. The lowest BCUT2D eigenvalue weighted by atomic mass is 10.0. The summed E-state index contributed by atoms with van der Waals surface area (Å²) in [7, 11) is 0. The van der Waals surface area contributed by atoms with E-state index < -0.39 is 0 Å². The van der Waals surface area contributed by atoms with Gasteiger partial charge in [0, 0.05) is 30.1 Å². The number of benzene rings is 2. The van der Waals surface area contributed by atoms with Crippen LogP contribution in [0.25, 0.3) is 44.6 Å². The number of fused-ring (bicyclic) bond motifs is 2. The summed E-state index contributed by atoms with van der Waals surface area (Å²) in [6, 6.07) is 16.5. The second-order valence-electron chi connectivity index (χ2n) is 7.45. The smallest absolute Gasteiger partial charge is 0.138 e. The Bertz CT molecular complexity index is 1390. The molecule has 0 amide bonds. The van der Waals surface area contributed by atoms with Gasteiger partial charge in [0.05, 0.1) is 22.1 Å². The van der Waals surface area contributed by atoms with Crippen molar-refractivity contribution in [1.29, 1.82) is 0 Å². The Morgan fingerprint density at radius 1 is 0.903 bits per heavy atom. The SMILES string of the molecule is C=N/C=C\C(CC)c1nc2ccc(-c3ccc4nc(-c5ccncc5)[nH]c4c3)cc2[nH]1. The van der Waals surface area contributed by atoms with Gasteiger partial charge in [0.1, 0.15) is 11.6 Å². The maximum absolute atomic E-state index is 4.77. The summed E-state index contributed by atoms with van der Waals surface area (Å²) in [5.74, 6) is 1.98. The molecule has 31 heavy (non-hydrogen) atoms. The number of hydrogen-bond acceptors (Lipinski definition) is 4. The lowest BCUT2D eigenvalue weighted by Crippen LogP contribution is -1.95. The molecule has 0 fully saturated rings. The molecule has 6 heteroatoms. The lowest BCUT2D eigenvalue weighted by Gasteiger charge is -2.04. The molecule has 0 aliphatic heterocycles. The summed E-state index contributed by atoms with van der Waals surface area (Å²) in [5.41, 5.74) is 7.19. The minimum Gasteiger partial charge on any atom is -0.341 e. The molecule has 0 bridgehead atoms. The Hall–Kier alpha value is -4.06. The summed E-state index contributed by atoms with van der Waals surface area (Å²) in [4.78, 5) is 24.3. The molecule has 0 spiro atoms. The van der Waals surface area contributed by atoms with Crippen molar-refractivity contribution in [1.82, 2.24) is 24.9 Å². The second kappa shape index (κ2) is 7.99. The van der Waals surface area contributed by atoms with E-state index in [0.717, 1.165) is 56.8 Å². The number of aromatic nitrogens is 5. The van der Waals surface area contributed by atoms with E-state index in [1.54, 1.807) is 18.6 Å². The fraction of sp³-hybridized carbons (Fsp3) is 0.120. The van der Waals surface area contributed by atoms with Crippen LogP contribution in [0.2, 0.25) is 0 Å². The van der Waals surface area contributed by atoms with Crippen molar-refractivity contribution in [2.75, 3.05) is 0 Å². The van der Waals surface area contributed by atoms with Crippen molar-refractivity contribution in [3.05, 3.63) is 79.0 Å². The molecule has 0 saturated heterocycles. The van der Waals surface area contributed by atoms with E-state index >= 15 is 0 Å². The van der Waals surface area contributed by atoms with Crippen LogP contribution in [0, 0.1) is 0 Å². The van der Waals surface area contributed by atoms with E-state index in [4.69, 9.17) is 9.97 Å². The third-order valence-electron chi connectivity index (χ3n) is 5.48. The third-order valence-corrected chi connectivity index (χ3v) is 5.48. The molecule has 0 aliphatic rings. The van der Waals surface area contributed by atoms with Crippen LogP contribution in [-0.2, 0) is 0 Å². The van der Waals surface area contributed by atoms with Crippen LogP contribution in [0.1, 0.15) is 25.1 Å². The van der Waals surface area contributed by atoms with E-state index in [0.29, 0.717) is 0 Å². The number of pyridine rings is 1. The van der Waals surface area contributed by atoms with Crippen LogP contribution in [-0.4, -0.2) is 31.6 Å². The maximum Gasteiger partial charge on any atom is 0.138 e. The Labute approximate surface area is 179 Å². The van der Waals surface area contributed by atoms with Gasteiger partial charge in [-0.25, -0.2) is 9.97 Å². The largest absolute Gasteiger partial charge is 0.341 e. The molecule has 1 unspecified atom stereocenters. The third kappa shape index (κ3) is 3.64. The zero-order valence-corrected chi connectivity index (χ0v) is 17.2. The number of aliphatic imine (C=N–C) groups is 1. The molecule has 0 saturated carbocycles. The molecule has 5 aromatic rings. The molecule has 6 nitrogen and oxygen atoms in total. The number of H-pyrrole nitrogens is 2. The normalized spacial score (nSPS) is 12.7. The summed E-state index contributed by atoms with van der Waals surface area (Å²) in [5, 5.41) is 0. The quantitative estimate of drug-likeness (QED) is 0.346.